The van der Waals surface area contributed by atoms with Gasteiger partial charge in [-0.1, -0.05) is 33.8 Å². The van der Waals surface area contributed by atoms with Crippen molar-refractivity contribution in [2.24, 2.45) is 5.41 Å². The first-order valence-corrected chi connectivity index (χ1v) is 11.6. The van der Waals surface area contributed by atoms with E-state index in [4.69, 9.17) is 0 Å². The largest absolute Gasteiger partial charge is 0.266 e. The van der Waals surface area contributed by atoms with Gasteiger partial charge in [0.25, 0.3) is 10.0 Å². The molecule has 8 heteroatoms. The molecule has 2 rings (SSSR count). The van der Waals surface area contributed by atoms with E-state index in [2.05, 4.69) is 0 Å². The van der Waals surface area contributed by atoms with E-state index in [1.807, 2.05) is 20.8 Å². The highest BCUT2D eigenvalue weighted by atomic mass is 32.2. The van der Waals surface area contributed by atoms with Crippen molar-refractivity contribution in [1.29, 1.82) is 0 Å². The lowest BCUT2D eigenvalue weighted by Gasteiger charge is -2.31. The molecule has 0 aliphatic rings. The van der Waals surface area contributed by atoms with Gasteiger partial charge in [-0.25, -0.2) is 21.2 Å². The minimum absolute atomic E-state index is 0.0408. The maximum atomic E-state index is 13.3. The number of sulfone groups is 1. The summed E-state index contributed by atoms with van der Waals surface area (Å²) >= 11 is 0. The van der Waals surface area contributed by atoms with E-state index in [0.717, 1.165) is 0 Å². The molecule has 0 fully saturated rings. The summed E-state index contributed by atoms with van der Waals surface area (Å²) < 4.78 is 65.4. The second-order valence-corrected chi connectivity index (χ2v) is 11.6. The van der Waals surface area contributed by atoms with Gasteiger partial charge in [-0.05, 0) is 47.9 Å². The van der Waals surface area contributed by atoms with Crippen LogP contribution in [0.15, 0.2) is 58.3 Å². The van der Waals surface area contributed by atoms with Crippen molar-refractivity contribution in [1.82, 2.24) is 0 Å². The third-order valence-electron chi connectivity index (χ3n) is 3.87. The van der Waals surface area contributed by atoms with E-state index in [1.54, 1.807) is 0 Å². The van der Waals surface area contributed by atoms with Crippen LogP contribution in [0.2, 0.25) is 0 Å². The predicted octanol–water partition coefficient (Wildman–Crippen LogP) is 3.86. The molecule has 0 saturated carbocycles. The van der Waals surface area contributed by atoms with Crippen LogP contribution < -0.4 is 4.31 Å². The van der Waals surface area contributed by atoms with E-state index < -0.39 is 25.7 Å². The van der Waals surface area contributed by atoms with Crippen molar-refractivity contribution in [3.05, 3.63) is 54.3 Å². The Balaban J connectivity index is 2.60. The standard InChI is InChI=1S/C19H24FNO4S2/c1-5-26(22,23)17-7-6-8-18(13-17)27(24,25)21(14-19(2,3)4)16-11-9-15(20)10-12-16/h6-13H,5,14H2,1-4H3. The summed E-state index contributed by atoms with van der Waals surface area (Å²) in [5.74, 6) is -0.594. The average Bonchev–Trinajstić information content (AvgIpc) is 2.60. The maximum absolute atomic E-state index is 13.3. The molecule has 5 nitrogen and oxygen atoms in total. The average molecular weight is 414 g/mol. The van der Waals surface area contributed by atoms with Gasteiger partial charge in [-0.3, -0.25) is 4.31 Å². The zero-order valence-electron chi connectivity index (χ0n) is 15.8. The molecule has 27 heavy (non-hydrogen) atoms. The van der Waals surface area contributed by atoms with Gasteiger partial charge in [0.2, 0.25) is 0 Å². The van der Waals surface area contributed by atoms with Gasteiger partial charge >= 0.3 is 0 Å². The molecule has 148 valence electrons. The first-order chi connectivity index (χ1) is 12.4. The summed E-state index contributed by atoms with van der Waals surface area (Å²) in [6.07, 6.45) is 0. The Labute approximate surface area is 160 Å². The topological polar surface area (TPSA) is 71.5 Å². The van der Waals surface area contributed by atoms with Crippen molar-refractivity contribution in [3.8, 4) is 0 Å². The Hall–Kier alpha value is -1.93. The molecule has 0 spiro atoms. The molecule has 0 aliphatic carbocycles. The fraction of sp³-hybridized carbons (Fsp3) is 0.368. The molecular formula is C19H24FNO4S2. The molecule has 0 bridgehead atoms. The highest BCUT2D eigenvalue weighted by molar-refractivity contribution is 7.93. The SMILES string of the molecule is CCS(=O)(=O)c1cccc(S(=O)(=O)N(CC(C)(C)C)c2ccc(F)cc2)c1. The summed E-state index contributed by atoms with van der Waals surface area (Å²) in [6.45, 7) is 7.30. The van der Waals surface area contributed by atoms with Crippen LogP contribution in [0.1, 0.15) is 27.7 Å². The number of benzene rings is 2. The second-order valence-electron chi connectivity index (χ2n) is 7.43. The van der Waals surface area contributed by atoms with Crippen LogP contribution in [0.4, 0.5) is 10.1 Å². The number of hydrogen-bond acceptors (Lipinski definition) is 4. The van der Waals surface area contributed by atoms with Crippen LogP contribution in [0.25, 0.3) is 0 Å². The van der Waals surface area contributed by atoms with Crippen LogP contribution in [-0.2, 0) is 19.9 Å². The van der Waals surface area contributed by atoms with E-state index in [0.29, 0.717) is 5.69 Å². The Morgan fingerprint density at radius 3 is 2.00 bits per heavy atom. The zero-order valence-corrected chi connectivity index (χ0v) is 17.4. The fourth-order valence-corrected chi connectivity index (χ4v) is 5.21. The molecule has 2 aromatic rings. The molecule has 0 aromatic heterocycles. The minimum atomic E-state index is -4.04. The third-order valence-corrected chi connectivity index (χ3v) is 7.37. The lowest BCUT2D eigenvalue weighted by molar-refractivity contribution is 0.426. The molecule has 0 amide bonds. The van der Waals surface area contributed by atoms with Crippen molar-refractivity contribution in [2.75, 3.05) is 16.6 Å². The summed E-state index contributed by atoms with van der Waals surface area (Å²) in [7, 11) is -7.59. The lowest BCUT2D eigenvalue weighted by atomic mass is 9.97. The van der Waals surface area contributed by atoms with E-state index in [-0.39, 0.29) is 27.5 Å². The van der Waals surface area contributed by atoms with E-state index in [1.165, 1.54) is 59.8 Å². The Morgan fingerprint density at radius 1 is 0.926 bits per heavy atom. The highest BCUT2D eigenvalue weighted by Crippen LogP contribution is 2.29. The Kier molecular flexibility index (Phi) is 6.01. The molecule has 0 unspecified atom stereocenters. The zero-order chi connectivity index (χ0) is 20.5. The van der Waals surface area contributed by atoms with Crippen molar-refractivity contribution in [3.63, 3.8) is 0 Å². The lowest BCUT2D eigenvalue weighted by Crippen LogP contribution is -2.38. The number of hydrogen-bond donors (Lipinski definition) is 0. The van der Waals surface area contributed by atoms with Gasteiger partial charge < -0.3 is 0 Å². The number of rotatable bonds is 6. The van der Waals surface area contributed by atoms with Crippen molar-refractivity contribution < 1.29 is 21.2 Å². The number of sulfonamides is 1. The van der Waals surface area contributed by atoms with Crippen LogP contribution in [0.3, 0.4) is 0 Å². The smallest absolute Gasteiger partial charge is 0.264 e. The quantitative estimate of drug-likeness (QED) is 0.721. The summed E-state index contributed by atoms with van der Waals surface area (Å²) in [6, 6.07) is 10.5. The molecule has 0 saturated heterocycles. The maximum Gasteiger partial charge on any atom is 0.264 e. The minimum Gasteiger partial charge on any atom is -0.266 e. The van der Waals surface area contributed by atoms with Crippen molar-refractivity contribution in [2.45, 2.75) is 37.5 Å². The van der Waals surface area contributed by atoms with Gasteiger partial charge in [-0.2, -0.15) is 0 Å². The molecule has 0 heterocycles. The third kappa shape index (κ3) is 5.07. The van der Waals surface area contributed by atoms with Crippen LogP contribution >= 0.6 is 0 Å². The van der Waals surface area contributed by atoms with Gasteiger partial charge in [-0.15, -0.1) is 0 Å². The van der Waals surface area contributed by atoms with Gasteiger partial charge in [0.1, 0.15) is 5.82 Å². The molecule has 2 aromatic carbocycles. The monoisotopic (exact) mass is 413 g/mol. The Bertz CT molecular complexity index is 1010. The number of nitrogens with zero attached hydrogens (tertiary/aromatic N) is 1. The van der Waals surface area contributed by atoms with Crippen LogP contribution in [0, 0.1) is 11.2 Å². The van der Waals surface area contributed by atoms with E-state index >= 15 is 0 Å². The van der Waals surface area contributed by atoms with Crippen molar-refractivity contribution >= 4 is 25.5 Å². The normalized spacial score (nSPS) is 12.8. The summed E-state index contributed by atoms with van der Waals surface area (Å²) in [5, 5.41) is 0. The fourth-order valence-electron chi connectivity index (χ4n) is 2.48. The van der Waals surface area contributed by atoms with Gasteiger partial charge in [0.05, 0.1) is 21.2 Å². The number of anilines is 1. The molecular weight excluding hydrogens is 389 g/mol. The summed E-state index contributed by atoms with van der Waals surface area (Å²) in [4.78, 5) is -0.161. The molecule has 0 N–H and O–H groups in total. The number of halogens is 1. The predicted molar refractivity (Wildman–Crippen MR) is 105 cm³/mol. The van der Waals surface area contributed by atoms with Gasteiger partial charge in [0, 0.05) is 6.54 Å². The van der Waals surface area contributed by atoms with E-state index in [9.17, 15) is 21.2 Å². The molecule has 0 atom stereocenters. The van der Waals surface area contributed by atoms with Crippen LogP contribution in [-0.4, -0.2) is 29.1 Å². The Morgan fingerprint density at radius 2 is 1.48 bits per heavy atom. The second kappa shape index (κ2) is 7.59. The highest BCUT2D eigenvalue weighted by Gasteiger charge is 2.30. The first kappa shape index (κ1) is 21.4. The van der Waals surface area contributed by atoms with Crippen LogP contribution in [0.5, 0.6) is 0 Å². The summed E-state index contributed by atoms with van der Waals surface area (Å²) in [5.41, 5.74) is -0.0655. The van der Waals surface area contributed by atoms with Gasteiger partial charge in [0.15, 0.2) is 9.84 Å². The molecule has 0 aliphatic heterocycles. The first-order valence-electron chi connectivity index (χ1n) is 8.48. The molecule has 0 radical (unpaired) electrons.